The molecule has 1 aliphatic heterocycles. The third kappa shape index (κ3) is 4.71. The number of amides is 1. The van der Waals surface area contributed by atoms with Gasteiger partial charge in [-0.15, -0.1) is 0 Å². The van der Waals surface area contributed by atoms with Crippen molar-refractivity contribution in [2.24, 2.45) is 5.92 Å². The molecule has 0 bridgehead atoms. The number of benzene rings is 1. The maximum Gasteiger partial charge on any atom is 0.253 e. The normalized spacial score (nSPS) is 19.0. The van der Waals surface area contributed by atoms with E-state index >= 15 is 0 Å². The summed E-state index contributed by atoms with van der Waals surface area (Å²) in [5, 5.41) is 0. The summed E-state index contributed by atoms with van der Waals surface area (Å²) in [6.45, 7) is 1.67. The Balaban J connectivity index is 1.97. The van der Waals surface area contributed by atoms with Gasteiger partial charge in [0.2, 0.25) is 10.0 Å². The zero-order chi connectivity index (χ0) is 16.2. The lowest BCUT2D eigenvalue weighted by Gasteiger charge is -2.32. The van der Waals surface area contributed by atoms with E-state index in [-0.39, 0.29) is 11.8 Å². The zero-order valence-electron chi connectivity index (χ0n) is 12.9. The molecule has 0 radical (unpaired) electrons. The highest BCUT2D eigenvalue weighted by molar-refractivity contribution is 7.88. The average molecular weight is 326 g/mol. The van der Waals surface area contributed by atoms with E-state index in [1.807, 2.05) is 0 Å². The maximum atomic E-state index is 12.5. The summed E-state index contributed by atoms with van der Waals surface area (Å²) in [5.41, 5.74) is 0.623. The molecule has 1 fully saturated rings. The van der Waals surface area contributed by atoms with Crippen LogP contribution in [0.2, 0.25) is 0 Å². The minimum Gasteiger partial charge on any atom is -0.497 e. The minimum atomic E-state index is -3.19. The molecule has 0 aromatic heterocycles. The molecule has 0 saturated carbocycles. The van der Waals surface area contributed by atoms with E-state index in [2.05, 4.69) is 4.72 Å². The molecule has 0 unspecified atom stereocenters. The Morgan fingerprint density at radius 1 is 1.36 bits per heavy atom. The fourth-order valence-electron chi connectivity index (χ4n) is 2.60. The van der Waals surface area contributed by atoms with Gasteiger partial charge >= 0.3 is 0 Å². The number of piperidine rings is 1. The maximum absolute atomic E-state index is 12.5. The van der Waals surface area contributed by atoms with Gasteiger partial charge in [0.15, 0.2) is 0 Å². The molecule has 0 spiro atoms. The van der Waals surface area contributed by atoms with E-state index in [4.69, 9.17) is 4.74 Å². The number of carbonyl (C=O) groups excluding carboxylic acids is 1. The number of methoxy groups -OCH3 is 1. The number of likely N-dealkylation sites (tertiary alicyclic amines) is 1. The molecule has 1 N–H and O–H groups in total. The Morgan fingerprint density at radius 2 is 2.05 bits per heavy atom. The number of nitrogens with zero attached hydrogens (tertiary/aromatic N) is 1. The molecule has 1 aromatic rings. The van der Waals surface area contributed by atoms with E-state index in [0.717, 1.165) is 19.1 Å². The van der Waals surface area contributed by atoms with Gasteiger partial charge in [0, 0.05) is 25.2 Å². The number of hydrogen-bond donors (Lipinski definition) is 1. The summed E-state index contributed by atoms with van der Waals surface area (Å²) in [7, 11) is -1.60. The van der Waals surface area contributed by atoms with E-state index in [1.165, 1.54) is 0 Å². The van der Waals surface area contributed by atoms with Crippen LogP contribution in [-0.2, 0) is 10.0 Å². The second kappa shape index (κ2) is 7.11. The van der Waals surface area contributed by atoms with Gasteiger partial charge in [0.1, 0.15) is 5.75 Å². The molecule has 1 saturated heterocycles. The summed E-state index contributed by atoms with van der Waals surface area (Å²) in [6, 6.07) is 7.03. The number of ether oxygens (including phenoxy) is 1. The first kappa shape index (κ1) is 16.8. The second-order valence-corrected chi connectivity index (χ2v) is 7.44. The smallest absolute Gasteiger partial charge is 0.253 e. The van der Waals surface area contributed by atoms with Gasteiger partial charge < -0.3 is 9.64 Å². The van der Waals surface area contributed by atoms with Crippen LogP contribution in [0.15, 0.2) is 24.3 Å². The van der Waals surface area contributed by atoms with Crippen LogP contribution in [0.3, 0.4) is 0 Å². The molecule has 1 heterocycles. The molecule has 22 heavy (non-hydrogen) atoms. The van der Waals surface area contributed by atoms with Crippen molar-refractivity contribution in [1.82, 2.24) is 9.62 Å². The SMILES string of the molecule is COc1ccc(C(=O)N2CCC[C@H](CNS(C)(=O)=O)C2)cc1. The summed E-state index contributed by atoms with van der Waals surface area (Å²) in [5.74, 6) is 0.850. The molecule has 1 atom stereocenters. The number of carbonyl (C=O) groups is 1. The summed E-state index contributed by atoms with van der Waals surface area (Å²) >= 11 is 0. The van der Waals surface area contributed by atoms with Gasteiger partial charge in [-0.2, -0.15) is 0 Å². The van der Waals surface area contributed by atoms with Crippen LogP contribution >= 0.6 is 0 Å². The fourth-order valence-corrected chi connectivity index (χ4v) is 3.14. The van der Waals surface area contributed by atoms with Crippen LogP contribution in [0.1, 0.15) is 23.2 Å². The predicted octanol–water partition coefficient (Wildman–Crippen LogP) is 1.10. The monoisotopic (exact) mass is 326 g/mol. The van der Waals surface area contributed by atoms with Crippen molar-refractivity contribution in [3.63, 3.8) is 0 Å². The summed E-state index contributed by atoms with van der Waals surface area (Å²) in [6.07, 6.45) is 2.96. The van der Waals surface area contributed by atoms with E-state index < -0.39 is 10.0 Å². The third-order valence-electron chi connectivity index (χ3n) is 3.78. The van der Waals surface area contributed by atoms with Crippen molar-refractivity contribution < 1.29 is 17.9 Å². The van der Waals surface area contributed by atoms with Gasteiger partial charge in [-0.25, -0.2) is 13.1 Å². The van der Waals surface area contributed by atoms with Crippen LogP contribution in [0, 0.1) is 5.92 Å². The van der Waals surface area contributed by atoms with Crippen molar-refractivity contribution in [3.05, 3.63) is 29.8 Å². The molecule has 1 aliphatic rings. The van der Waals surface area contributed by atoms with E-state index in [9.17, 15) is 13.2 Å². The topological polar surface area (TPSA) is 75.7 Å². The first-order valence-electron chi connectivity index (χ1n) is 7.27. The standard InChI is InChI=1S/C15H22N2O4S/c1-21-14-7-5-13(6-8-14)15(18)17-9-3-4-12(11-17)10-16-22(2,19)20/h5-8,12,16H,3-4,9-11H2,1-2H3/t12-/m1/s1. The number of rotatable bonds is 5. The molecule has 6 nitrogen and oxygen atoms in total. The van der Waals surface area contributed by atoms with Crippen molar-refractivity contribution in [3.8, 4) is 5.75 Å². The zero-order valence-corrected chi connectivity index (χ0v) is 13.7. The molecule has 7 heteroatoms. The highest BCUT2D eigenvalue weighted by Gasteiger charge is 2.25. The van der Waals surface area contributed by atoms with Crippen LogP contribution in [0.5, 0.6) is 5.75 Å². The van der Waals surface area contributed by atoms with Gasteiger partial charge in [0.05, 0.1) is 13.4 Å². The van der Waals surface area contributed by atoms with Crippen molar-refractivity contribution in [2.45, 2.75) is 12.8 Å². The van der Waals surface area contributed by atoms with Crippen LogP contribution in [-0.4, -0.2) is 52.2 Å². The van der Waals surface area contributed by atoms with Gasteiger partial charge in [-0.3, -0.25) is 4.79 Å². The highest BCUT2D eigenvalue weighted by Crippen LogP contribution is 2.19. The van der Waals surface area contributed by atoms with Gasteiger partial charge in [-0.05, 0) is 43.0 Å². The number of hydrogen-bond acceptors (Lipinski definition) is 4. The lowest BCUT2D eigenvalue weighted by molar-refractivity contribution is 0.0676. The summed E-state index contributed by atoms with van der Waals surface area (Å²) in [4.78, 5) is 14.3. The Kier molecular flexibility index (Phi) is 5.42. The number of sulfonamides is 1. The average Bonchev–Trinajstić information content (AvgIpc) is 2.52. The molecule has 1 aromatic carbocycles. The quantitative estimate of drug-likeness (QED) is 0.879. The second-order valence-electron chi connectivity index (χ2n) is 5.61. The van der Waals surface area contributed by atoms with Crippen molar-refractivity contribution in [2.75, 3.05) is 33.0 Å². The largest absolute Gasteiger partial charge is 0.497 e. The van der Waals surface area contributed by atoms with Crippen molar-refractivity contribution >= 4 is 15.9 Å². The predicted molar refractivity (Wildman–Crippen MR) is 84.5 cm³/mol. The lowest BCUT2D eigenvalue weighted by atomic mass is 9.97. The molecular formula is C15H22N2O4S. The lowest BCUT2D eigenvalue weighted by Crippen LogP contribution is -2.43. The van der Waals surface area contributed by atoms with E-state index in [0.29, 0.717) is 30.9 Å². The Labute approximate surface area is 131 Å². The minimum absolute atomic E-state index is 0.0216. The van der Waals surface area contributed by atoms with Crippen LogP contribution in [0.4, 0.5) is 0 Å². The Morgan fingerprint density at radius 3 is 2.64 bits per heavy atom. The fraction of sp³-hybridized carbons (Fsp3) is 0.533. The first-order valence-corrected chi connectivity index (χ1v) is 9.16. The highest BCUT2D eigenvalue weighted by atomic mass is 32.2. The third-order valence-corrected chi connectivity index (χ3v) is 4.47. The van der Waals surface area contributed by atoms with Crippen LogP contribution in [0.25, 0.3) is 0 Å². The molecule has 0 aliphatic carbocycles. The summed E-state index contributed by atoms with van der Waals surface area (Å²) < 4.78 is 29.9. The Hall–Kier alpha value is -1.60. The van der Waals surface area contributed by atoms with Gasteiger partial charge in [-0.1, -0.05) is 0 Å². The Bertz CT molecular complexity index is 613. The van der Waals surface area contributed by atoms with E-state index in [1.54, 1.807) is 36.3 Å². The van der Waals surface area contributed by atoms with Crippen molar-refractivity contribution in [1.29, 1.82) is 0 Å². The number of nitrogens with one attached hydrogen (secondary N) is 1. The first-order chi connectivity index (χ1) is 10.4. The molecule has 122 valence electrons. The molecule has 1 amide bonds. The van der Waals surface area contributed by atoms with Gasteiger partial charge in [0.25, 0.3) is 5.91 Å². The molecular weight excluding hydrogens is 304 g/mol. The molecule has 2 rings (SSSR count). The van der Waals surface area contributed by atoms with Crippen LogP contribution < -0.4 is 9.46 Å².